The summed E-state index contributed by atoms with van der Waals surface area (Å²) in [6, 6.07) is 0. The molecule has 0 spiro atoms. The number of nitrogens with zero attached hydrogens (tertiary/aromatic N) is 5. The minimum absolute atomic E-state index is 0. The van der Waals surface area contributed by atoms with E-state index in [1.807, 2.05) is 0 Å². The summed E-state index contributed by atoms with van der Waals surface area (Å²) in [6.45, 7) is -0.581. The fourth-order valence-corrected chi connectivity index (χ4v) is 6.75. The van der Waals surface area contributed by atoms with E-state index in [2.05, 4.69) is 28.3 Å². The largest absolute Gasteiger partial charge is 1.00 e. The summed E-state index contributed by atoms with van der Waals surface area (Å²) in [4.78, 5) is 49.4. The first kappa shape index (κ1) is 39.8. The molecular formula is C22H28N6Na2O14P2. The van der Waals surface area contributed by atoms with Gasteiger partial charge in [0.1, 0.15) is 48.5 Å². The Morgan fingerprint density at radius 2 is 1.54 bits per heavy atom. The van der Waals surface area contributed by atoms with Gasteiger partial charge in [0.15, 0.2) is 29.7 Å². The molecule has 2 saturated heterocycles. The number of ether oxygens (including phenoxy) is 2. The molecule has 0 aliphatic carbocycles. The Kier molecular flexibility index (Phi) is 13.7. The van der Waals surface area contributed by atoms with Crippen molar-refractivity contribution in [3.63, 3.8) is 0 Å². The molecule has 0 saturated carbocycles. The molecule has 5 rings (SSSR count). The van der Waals surface area contributed by atoms with E-state index in [0.29, 0.717) is 12.0 Å². The van der Waals surface area contributed by atoms with Gasteiger partial charge in [0.05, 0.1) is 19.5 Å². The van der Waals surface area contributed by atoms with Crippen molar-refractivity contribution in [1.29, 1.82) is 0 Å². The fraction of sp³-hybridized carbons (Fsp3) is 0.545. The quantitative estimate of drug-likeness (QED) is 0.107. The van der Waals surface area contributed by atoms with Gasteiger partial charge in [-0.25, -0.2) is 19.3 Å². The summed E-state index contributed by atoms with van der Waals surface area (Å²) in [5, 5.41) is 41.6. The van der Waals surface area contributed by atoms with Gasteiger partial charge in [0.25, 0.3) is 15.6 Å². The van der Waals surface area contributed by atoms with Crippen LogP contribution in [0.5, 0.6) is 0 Å². The standard InChI is InChI=1S/C22H30N6O14P2.2Na/c1-10(29)11-3-2-4-27(5-11)21-17(32)15(30)12(40-21)6-38-43(34,35)42-44(36,37)39-7-13-16(31)18(33)22(41-13)28-9-26-14-19(23)24-8-25-20(14)28;;/h2,4-5,8-9,12-13,15-18,21-22,30-33H,3,6-7H2,1H3,(H,34,35)(H,36,37)(H2,23,24,25);;/q;2*+1/p-2. The van der Waals surface area contributed by atoms with Gasteiger partial charge in [-0.3, -0.25) is 18.5 Å². The molecule has 0 aromatic carbocycles. The second-order valence-electron chi connectivity index (χ2n) is 9.99. The third-order valence-electron chi connectivity index (χ3n) is 7.00. The summed E-state index contributed by atoms with van der Waals surface area (Å²) >= 11 is 0. The number of carbonyl (C=O) groups is 1. The number of anilines is 1. The Labute approximate surface area is 305 Å². The molecule has 0 radical (unpaired) electrons. The third-order valence-corrected chi connectivity index (χ3v) is 9.53. The normalized spacial score (nSPS) is 31.9. The molecule has 3 aliphatic heterocycles. The molecule has 10 atom stereocenters. The molecule has 24 heteroatoms. The molecular weight excluding hydrogens is 680 g/mol. The zero-order valence-corrected chi connectivity index (χ0v) is 30.5. The van der Waals surface area contributed by atoms with Crippen molar-refractivity contribution in [2.24, 2.45) is 0 Å². The molecule has 5 heterocycles. The molecule has 3 aliphatic rings. The number of carbonyl (C=O) groups excluding carboxylic acids is 1. The first-order valence-electron chi connectivity index (χ1n) is 12.9. The topological polar surface area (TPSA) is 297 Å². The summed E-state index contributed by atoms with van der Waals surface area (Å²) in [7, 11) is -11.3. The second kappa shape index (κ2) is 15.9. The molecule has 20 nitrogen and oxygen atoms in total. The van der Waals surface area contributed by atoms with Crippen molar-refractivity contribution < 1.29 is 126 Å². The maximum atomic E-state index is 12.3. The van der Waals surface area contributed by atoms with Crippen LogP contribution < -0.4 is 74.6 Å². The second-order valence-corrected chi connectivity index (χ2v) is 12.9. The summed E-state index contributed by atoms with van der Waals surface area (Å²) in [5.74, 6) is -0.182. The van der Waals surface area contributed by atoms with Crippen molar-refractivity contribution in [3.05, 3.63) is 36.7 Å². The molecule has 0 amide bonds. The molecule has 10 unspecified atom stereocenters. The number of rotatable bonds is 11. The van der Waals surface area contributed by atoms with Gasteiger partial charge in [-0.1, -0.05) is 6.08 Å². The van der Waals surface area contributed by atoms with Crippen LogP contribution in [0.25, 0.3) is 11.2 Å². The maximum absolute atomic E-state index is 12.3. The predicted octanol–water partition coefficient (Wildman–Crippen LogP) is -8.84. The molecule has 6 N–H and O–H groups in total. The average Bonchev–Trinajstić information content (AvgIpc) is 3.61. The number of aliphatic hydroxyl groups excluding tert-OH is 4. The number of fused-ring (bicyclic) bond motifs is 1. The van der Waals surface area contributed by atoms with Crippen molar-refractivity contribution in [3.8, 4) is 0 Å². The summed E-state index contributed by atoms with van der Waals surface area (Å²) in [5.41, 5.74) is 6.47. The van der Waals surface area contributed by atoms with E-state index in [4.69, 9.17) is 15.2 Å². The van der Waals surface area contributed by atoms with E-state index in [1.54, 1.807) is 6.08 Å². The van der Waals surface area contributed by atoms with Crippen LogP contribution in [0.1, 0.15) is 19.6 Å². The molecule has 242 valence electrons. The van der Waals surface area contributed by atoms with E-state index < -0.39 is 77.9 Å². The maximum Gasteiger partial charge on any atom is 1.00 e. The van der Waals surface area contributed by atoms with Crippen molar-refractivity contribution >= 4 is 38.4 Å². The Hall–Kier alpha value is -0.680. The predicted molar refractivity (Wildman–Crippen MR) is 139 cm³/mol. The van der Waals surface area contributed by atoms with E-state index >= 15 is 0 Å². The van der Waals surface area contributed by atoms with Crippen LogP contribution in [-0.2, 0) is 36.8 Å². The molecule has 2 aromatic rings. The fourth-order valence-electron chi connectivity index (χ4n) is 4.74. The number of phosphoric ester groups is 2. The number of aliphatic hydroxyl groups is 4. The third kappa shape index (κ3) is 8.72. The minimum Gasteiger partial charge on any atom is -0.756 e. The van der Waals surface area contributed by atoms with Gasteiger partial charge in [0, 0.05) is 18.0 Å². The number of imidazole rings is 1. The number of hydrogen-bond acceptors (Lipinski definition) is 19. The number of Topliss-reactive ketones (excluding diaryl/α,β-unsaturated/α-hetero) is 1. The molecule has 46 heavy (non-hydrogen) atoms. The number of ketones is 1. The van der Waals surface area contributed by atoms with Crippen LogP contribution in [-0.4, -0.2) is 107 Å². The average molecular weight is 708 g/mol. The minimum atomic E-state index is -5.67. The van der Waals surface area contributed by atoms with Crippen LogP contribution >= 0.6 is 15.6 Å². The number of nitrogens with two attached hydrogens (primary N) is 1. The van der Waals surface area contributed by atoms with Crippen LogP contribution in [0.3, 0.4) is 0 Å². The van der Waals surface area contributed by atoms with Gasteiger partial charge in [-0.05, 0) is 13.3 Å². The first-order valence-corrected chi connectivity index (χ1v) is 15.8. The van der Waals surface area contributed by atoms with Crippen LogP contribution in [0.2, 0.25) is 0 Å². The van der Waals surface area contributed by atoms with Gasteiger partial charge < -0.3 is 59.4 Å². The number of allylic oxidation sites excluding steroid dienone is 2. The number of aromatic nitrogens is 4. The summed E-state index contributed by atoms with van der Waals surface area (Å²) < 4.78 is 50.0. The smallest absolute Gasteiger partial charge is 0.756 e. The van der Waals surface area contributed by atoms with Gasteiger partial charge in [0.2, 0.25) is 0 Å². The van der Waals surface area contributed by atoms with Crippen molar-refractivity contribution in [1.82, 2.24) is 24.4 Å². The number of phosphoric acid groups is 2. The monoisotopic (exact) mass is 708 g/mol. The Morgan fingerprint density at radius 1 is 0.978 bits per heavy atom. The van der Waals surface area contributed by atoms with Crippen LogP contribution in [0.15, 0.2) is 36.7 Å². The van der Waals surface area contributed by atoms with E-state index in [-0.39, 0.29) is 81.9 Å². The number of nitrogen functional groups attached to an aromatic ring is 1. The zero-order chi connectivity index (χ0) is 32.0. The van der Waals surface area contributed by atoms with Crippen LogP contribution in [0, 0.1) is 0 Å². The van der Waals surface area contributed by atoms with Gasteiger partial charge in [-0.15, -0.1) is 0 Å². The van der Waals surface area contributed by atoms with Crippen LogP contribution in [0.4, 0.5) is 5.82 Å². The van der Waals surface area contributed by atoms with Crippen molar-refractivity contribution in [2.45, 2.75) is 62.4 Å². The first-order chi connectivity index (χ1) is 20.7. The SMILES string of the molecule is CC(=O)C1=CN(C2OC(COP(=O)([O-])OP(=O)([O-])OCC3OC(n4cnc5c(N)ncnc54)C(O)C3O)C(O)C2O)C=CC1.[Na+].[Na+]. The molecule has 2 aromatic heterocycles. The Balaban J connectivity index is 0.00000288. The van der Waals surface area contributed by atoms with Gasteiger partial charge >= 0.3 is 59.1 Å². The Morgan fingerprint density at radius 3 is 2.13 bits per heavy atom. The molecule has 2 fully saturated rings. The van der Waals surface area contributed by atoms with E-state index in [0.717, 1.165) is 6.33 Å². The zero-order valence-electron chi connectivity index (χ0n) is 24.7. The Bertz CT molecular complexity index is 1570. The number of hydrogen-bond donors (Lipinski definition) is 5. The summed E-state index contributed by atoms with van der Waals surface area (Å²) in [6.07, 6.45) is -4.74. The van der Waals surface area contributed by atoms with Crippen molar-refractivity contribution in [2.75, 3.05) is 18.9 Å². The van der Waals surface area contributed by atoms with E-state index in [9.17, 15) is 44.1 Å². The molecule has 0 bridgehead atoms. The van der Waals surface area contributed by atoms with E-state index in [1.165, 1.54) is 35.1 Å². The van der Waals surface area contributed by atoms with Gasteiger partial charge in [-0.2, -0.15) is 0 Å².